The average molecular weight is 206 g/mol. The summed E-state index contributed by atoms with van der Waals surface area (Å²) in [4.78, 5) is 0. The number of halogens is 6. The molecule has 0 radical (unpaired) electrons. The van der Waals surface area contributed by atoms with E-state index in [0.29, 0.717) is 0 Å². The van der Waals surface area contributed by atoms with Crippen molar-refractivity contribution in [3.05, 3.63) is 12.7 Å². The third-order valence-electron chi connectivity index (χ3n) is 1.42. The van der Waals surface area contributed by atoms with Crippen molar-refractivity contribution >= 4 is 0 Å². The van der Waals surface area contributed by atoms with E-state index in [-0.39, 0.29) is 0 Å². The van der Waals surface area contributed by atoms with Gasteiger partial charge in [0.05, 0.1) is 0 Å². The van der Waals surface area contributed by atoms with E-state index in [2.05, 4.69) is 6.58 Å². The minimum atomic E-state index is -4.99. The molecule has 78 valence electrons. The maximum absolute atomic E-state index is 12.4. The molecule has 0 aromatic carbocycles. The highest BCUT2D eigenvalue weighted by molar-refractivity contribution is 4.93. The molecule has 0 saturated heterocycles. The zero-order valence-corrected chi connectivity index (χ0v) is 6.54. The summed E-state index contributed by atoms with van der Waals surface area (Å²) in [5.74, 6) is -9.95. The third kappa shape index (κ3) is 2.38. The van der Waals surface area contributed by atoms with Gasteiger partial charge in [-0.05, 0) is 0 Å². The molecule has 0 aliphatic heterocycles. The van der Waals surface area contributed by atoms with E-state index in [1.54, 1.807) is 0 Å². The van der Waals surface area contributed by atoms with Crippen molar-refractivity contribution in [3.8, 4) is 0 Å². The van der Waals surface area contributed by atoms with Gasteiger partial charge in [-0.1, -0.05) is 6.08 Å². The van der Waals surface area contributed by atoms with Crippen LogP contribution in [0.15, 0.2) is 12.7 Å². The van der Waals surface area contributed by atoms with E-state index in [1.807, 2.05) is 0 Å². The smallest absolute Gasteiger partial charge is 0.244 e. The van der Waals surface area contributed by atoms with Crippen molar-refractivity contribution in [1.82, 2.24) is 0 Å². The molecular weight excluding hydrogens is 198 g/mol. The Kier molecular flexibility index (Phi) is 3.81. The van der Waals surface area contributed by atoms with E-state index < -0.39 is 31.1 Å². The van der Waals surface area contributed by atoms with Crippen LogP contribution in [-0.2, 0) is 0 Å². The zero-order chi connectivity index (χ0) is 10.7. The van der Waals surface area contributed by atoms with Crippen LogP contribution in [0.1, 0.15) is 6.42 Å². The Morgan fingerprint density at radius 1 is 1.23 bits per heavy atom. The van der Waals surface area contributed by atoms with Gasteiger partial charge in [0.15, 0.2) is 12.8 Å². The first-order chi connectivity index (χ1) is 5.79. The molecule has 0 aliphatic rings. The molecule has 0 amide bonds. The van der Waals surface area contributed by atoms with Crippen molar-refractivity contribution in [2.45, 2.75) is 24.4 Å². The molecule has 6 heteroatoms. The summed E-state index contributed by atoms with van der Waals surface area (Å²) in [5, 5.41) is 0. The first-order valence-electron chi connectivity index (χ1n) is 3.36. The topological polar surface area (TPSA) is 0 Å². The molecule has 0 rings (SSSR count). The van der Waals surface area contributed by atoms with Crippen molar-refractivity contribution in [2.75, 3.05) is 6.67 Å². The second-order valence-corrected chi connectivity index (χ2v) is 2.45. The molecule has 0 saturated carbocycles. The number of hydrogen-bond donors (Lipinski definition) is 0. The van der Waals surface area contributed by atoms with Gasteiger partial charge in [-0.15, -0.1) is 6.58 Å². The lowest BCUT2D eigenvalue weighted by Gasteiger charge is -2.26. The van der Waals surface area contributed by atoms with Gasteiger partial charge >= 0.3 is 11.8 Å². The maximum Gasteiger partial charge on any atom is 0.343 e. The molecule has 1 unspecified atom stereocenters. The fourth-order valence-electron chi connectivity index (χ4n) is 0.613. The van der Waals surface area contributed by atoms with Gasteiger partial charge in [0.25, 0.3) is 0 Å². The van der Waals surface area contributed by atoms with E-state index >= 15 is 0 Å². The van der Waals surface area contributed by atoms with Crippen LogP contribution in [0.4, 0.5) is 26.3 Å². The highest BCUT2D eigenvalue weighted by Crippen LogP contribution is 2.39. The SMILES string of the molecule is C=CCC(F)C(F)(F)C(F)(F)CF. The van der Waals surface area contributed by atoms with Gasteiger partial charge in [0, 0.05) is 6.42 Å². The monoisotopic (exact) mass is 206 g/mol. The molecule has 0 N–H and O–H groups in total. The molecule has 0 nitrogen and oxygen atoms in total. The normalized spacial score (nSPS) is 15.5. The van der Waals surface area contributed by atoms with Crippen LogP contribution >= 0.6 is 0 Å². The molecule has 0 aromatic heterocycles. The molecule has 13 heavy (non-hydrogen) atoms. The first-order valence-corrected chi connectivity index (χ1v) is 3.36. The fourth-order valence-corrected chi connectivity index (χ4v) is 0.613. The molecule has 0 fully saturated rings. The molecule has 0 bridgehead atoms. The molecular formula is C7H8F6. The van der Waals surface area contributed by atoms with E-state index in [0.717, 1.165) is 6.08 Å². The molecule has 0 spiro atoms. The standard InChI is InChI=1S/C7H8F6/c1-2-3-5(9)7(12,13)6(10,11)4-8/h2,5H,1,3-4H2. The van der Waals surface area contributed by atoms with Crippen molar-refractivity contribution in [3.63, 3.8) is 0 Å². The van der Waals surface area contributed by atoms with Crippen molar-refractivity contribution < 1.29 is 26.3 Å². The zero-order valence-electron chi connectivity index (χ0n) is 6.54. The Bertz CT molecular complexity index is 176. The highest BCUT2D eigenvalue weighted by Gasteiger charge is 2.61. The van der Waals surface area contributed by atoms with Crippen molar-refractivity contribution in [2.24, 2.45) is 0 Å². The Morgan fingerprint density at radius 2 is 1.69 bits per heavy atom. The number of alkyl halides is 6. The summed E-state index contributed by atoms with van der Waals surface area (Å²) >= 11 is 0. The van der Waals surface area contributed by atoms with E-state index in [4.69, 9.17) is 0 Å². The fraction of sp³-hybridized carbons (Fsp3) is 0.714. The molecule has 0 aromatic rings. The van der Waals surface area contributed by atoms with E-state index in [9.17, 15) is 26.3 Å². The summed E-state index contributed by atoms with van der Waals surface area (Å²) in [6.45, 7) is 0.324. The minimum Gasteiger partial charge on any atom is -0.244 e. The summed E-state index contributed by atoms with van der Waals surface area (Å²) < 4.78 is 72.8. The minimum absolute atomic E-state index is 0.729. The van der Waals surface area contributed by atoms with Crippen LogP contribution in [-0.4, -0.2) is 24.7 Å². The van der Waals surface area contributed by atoms with Gasteiger partial charge < -0.3 is 0 Å². The van der Waals surface area contributed by atoms with E-state index in [1.165, 1.54) is 0 Å². The second-order valence-electron chi connectivity index (χ2n) is 2.45. The summed E-state index contributed by atoms with van der Waals surface area (Å²) in [6.07, 6.45) is -3.33. The number of rotatable bonds is 5. The molecule has 0 aliphatic carbocycles. The van der Waals surface area contributed by atoms with Crippen molar-refractivity contribution in [1.29, 1.82) is 0 Å². The first kappa shape index (κ1) is 12.3. The van der Waals surface area contributed by atoms with Gasteiger partial charge in [0.1, 0.15) is 0 Å². The highest BCUT2D eigenvalue weighted by atomic mass is 19.3. The largest absolute Gasteiger partial charge is 0.343 e. The Morgan fingerprint density at radius 3 is 2.00 bits per heavy atom. The predicted octanol–water partition coefficient (Wildman–Crippen LogP) is 3.14. The van der Waals surface area contributed by atoms with Gasteiger partial charge in [-0.3, -0.25) is 0 Å². The Hall–Kier alpha value is -0.680. The Labute approximate surface area is 71.2 Å². The maximum atomic E-state index is 12.4. The molecule has 1 atom stereocenters. The van der Waals surface area contributed by atoms with Gasteiger partial charge in [-0.2, -0.15) is 17.6 Å². The quantitative estimate of drug-likeness (QED) is 0.478. The predicted molar refractivity (Wildman–Crippen MR) is 35.6 cm³/mol. The summed E-state index contributed by atoms with van der Waals surface area (Å²) in [7, 11) is 0. The molecule has 0 heterocycles. The Balaban J connectivity index is 4.62. The van der Waals surface area contributed by atoms with Crippen LogP contribution < -0.4 is 0 Å². The van der Waals surface area contributed by atoms with Gasteiger partial charge in [0.2, 0.25) is 0 Å². The number of hydrogen-bond acceptors (Lipinski definition) is 0. The van der Waals surface area contributed by atoms with Crippen LogP contribution in [0.2, 0.25) is 0 Å². The lowest BCUT2D eigenvalue weighted by Crippen LogP contribution is -2.49. The summed E-state index contributed by atoms with van der Waals surface area (Å²) in [5.41, 5.74) is 0. The van der Waals surface area contributed by atoms with Crippen LogP contribution in [0, 0.1) is 0 Å². The third-order valence-corrected chi connectivity index (χ3v) is 1.42. The van der Waals surface area contributed by atoms with Crippen LogP contribution in [0.3, 0.4) is 0 Å². The second kappa shape index (κ2) is 4.02. The lowest BCUT2D eigenvalue weighted by atomic mass is 10.1. The average Bonchev–Trinajstić information content (AvgIpc) is 2.04. The van der Waals surface area contributed by atoms with Crippen LogP contribution in [0.25, 0.3) is 0 Å². The lowest BCUT2D eigenvalue weighted by molar-refractivity contribution is -0.243. The summed E-state index contributed by atoms with van der Waals surface area (Å²) in [6, 6.07) is 0. The van der Waals surface area contributed by atoms with Gasteiger partial charge in [-0.25, -0.2) is 8.78 Å². The number of allylic oxidation sites excluding steroid dienone is 1. The van der Waals surface area contributed by atoms with Crippen LogP contribution in [0.5, 0.6) is 0 Å².